The smallest absolute Gasteiger partial charge is 0.253 e. The van der Waals surface area contributed by atoms with Gasteiger partial charge in [0.1, 0.15) is 5.75 Å². The van der Waals surface area contributed by atoms with Gasteiger partial charge in [-0.15, -0.1) is 0 Å². The number of nitrogens with zero attached hydrogens (tertiary/aromatic N) is 2. The van der Waals surface area contributed by atoms with E-state index in [9.17, 15) is 14.7 Å². The van der Waals surface area contributed by atoms with Crippen molar-refractivity contribution in [3.8, 4) is 5.75 Å². The average Bonchev–Trinajstić information content (AvgIpc) is 2.80. The number of carbonyl (C=O) groups excluding carboxylic acids is 2. The largest absolute Gasteiger partial charge is 0.506 e. The zero-order valence-corrected chi connectivity index (χ0v) is 20.7. The van der Waals surface area contributed by atoms with E-state index in [0.717, 1.165) is 6.54 Å². The van der Waals surface area contributed by atoms with Crippen molar-refractivity contribution in [3.63, 3.8) is 0 Å². The van der Waals surface area contributed by atoms with Crippen LogP contribution in [0.15, 0.2) is 35.6 Å². The fourth-order valence-electron chi connectivity index (χ4n) is 3.34. The molecule has 2 aromatic rings. The van der Waals surface area contributed by atoms with Gasteiger partial charge in [-0.2, -0.15) is 0 Å². The number of aliphatic imine (C=N–C) groups is 1. The first-order chi connectivity index (χ1) is 16.1. The van der Waals surface area contributed by atoms with Crippen LogP contribution in [0.4, 0.5) is 5.69 Å². The minimum absolute atomic E-state index is 0.0836. The molecule has 34 heavy (non-hydrogen) atoms. The SMILES string of the molecule is CC[C@H](NC(=O)CNC(=O)c1cncc(NC2=NCC(C)(C)CN2)c1)c1cc(Cl)cc(Cl)c1O. The summed E-state index contributed by atoms with van der Waals surface area (Å²) in [5.74, 6) is -0.403. The van der Waals surface area contributed by atoms with Crippen LogP contribution >= 0.6 is 23.2 Å². The molecule has 1 aliphatic rings. The van der Waals surface area contributed by atoms with Crippen LogP contribution in [0.25, 0.3) is 0 Å². The number of phenolic OH excluding ortho intramolecular Hbond substituents is 1. The number of pyridine rings is 1. The summed E-state index contributed by atoms with van der Waals surface area (Å²) in [5.41, 5.74) is 1.38. The van der Waals surface area contributed by atoms with Crippen LogP contribution in [-0.2, 0) is 4.79 Å². The maximum Gasteiger partial charge on any atom is 0.253 e. The third-order valence-corrected chi connectivity index (χ3v) is 5.76. The highest BCUT2D eigenvalue weighted by molar-refractivity contribution is 6.35. The lowest BCUT2D eigenvalue weighted by Gasteiger charge is -2.29. The summed E-state index contributed by atoms with van der Waals surface area (Å²) >= 11 is 12.0. The topological polar surface area (TPSA) is 128 Å². The van der Waals surface area contributed by atoms with Gasteiger partial charge >= 0.3 is 0 Å². The number of carbonyl (C=O) groups is 2. The van der Waals surface area contributed by atoms with Crippen LogP contribution in [0.3, 0.4) is 0 Å². The van der Waals surface area contributed by atoms with Gasteiger partial charge in [0, 0.05) is 35.3 Å². The van der Waals surface area contributed by atoms with E-state index in [4.69, 9.17) is 23.2 Å². The second-order valence-corrected chi connectivity index (χ2v) is 9.65. The lowest BCUT2D eigenvalue weighted by Crippen LogP contribution is -2.44. The van der Waals surface area contributed by atoms with Gasteiger partial charge in [0.15, 0.2) is 5.96 Å². The lowest BCUT2D eigenvalue weighted by molar-refractivity contribution is -0.120. The van der Waals surface area contributed by atoms with E-state index >= 15 is 0 Å². The van der Waals surface area contributed by atoms with E-state index in [0.29, 0.717) is 40.8 Å². The second-order valence-electron chi connectivity index (χ2n) is 8.81. The van der Waals surface area contributed by atoms with E-state index in [1.165, 1.54) is 12.3 Å². The fraction of sp³-hybridized carbons (Fsp3) is 0.391. The van der Waals surface area contributed by atoms with Crippen LogP contribution in [0.1, 0.15) is 49.2 Å². The molecule has 2 heterocycles. The standard InChI is InChI=1S/C23H28Cl2N6O3/c1-4-18(16-6-14(24)7-17(25)20(16)33)31-19(32)10-27-21(34)13-5-15(9-26-8-13)30-22-28-11-23(2,3)12-29-22/h5-9,18,33H,4,10-12H2,1-3H3,(H,27,34)(H,31,32)(H2,28,29,30)/t18-/m0/s1. The fourth-order valence-corrected chi connectivity index (χ4v) is 3.85. The van der Waals surface area contributed by atoms with Crippen LogP contribution in [0.5, 0.6) is 5.75 Å². The van der Waals surface area contributed by atoms with Crippen LogP contribution in [0, 0.1) is 5.41 Å². The highest BCUT2D eigenvalue weighted by atomic mass is 35.5. The van der Waals surface area contributed by atoms with Gasteiger partial charge in [-0.1, -0.05) is 44.0 Å². The third kappa shape index (κ3) is 6.74. The summed E-state index contributed by atoms with van der Waals surface area (Å²) in [6.45, 7) is 7.29. The van der Waals surface area contributed by atoms with Crippen molar-refractivity contribution in [1.82, 2.24) is 20.9 Å². The number of amides is 2. The van der Waals surface area contributed by atoms with Gasteiger partial charge in [-0.05, 0) is 24.6 Å². The quantitative estimate of drug-likeness (QED) is 0.391. The molecule has 0 fully saturated rings. The average molecular weight is 507 g/mol. The minimum atomic E-state index is -0.524. The Morgan fingerprint density at radius 1 is 1.24 bits per heavy atom. The summed E-state index contributed by atoms with van der Waals surface area (Å²) in [6, 6.07) is 4.08. The number of hydrogen-bond donors (Lipinski definition) is 5. The highest BCUT2D eigenvalue weighted by Gasteiger charge is 2.23. The molecule has 0 bridgehead atoms. The summed E-state index contributed by atoms with van der Waals surface area (Å²) in [5, 5.41) is 22.4. The number of halogens is 2. The van der Waals surface area contributed by atoms with E-state index in [-0.39, 0.29) is 22.7 Å². The summed E-state index contributed by atoms with van der Waals surface area (Å²) in [4.78, 5) is 33.6. The van der Waals surface area contributed by atoms with Crippen molar-refractivity contribution in [2.45, 2.75) is 33.2 Å². The number of benzene rings is 1. The number of aromatic hydroxyl groups is 1. The van der Waals surface area contributed by atoms with Crippen LogP contribution in [-0.4, -0.2) is 47.5 Å². The molecule has 182 valence electrons. The molecular formula is C23H28Cl2N6O3. The highest BCUT2D eigenvalue weighted by Crippen LogP contribution is 2.35. The number of aromatic nitrogens is 1. The molecule has 1 aromatic heterocycles. The number of hydrogen-bond acceptors (Lipinski definition) is 7. The molecule has 1 atom stereocenters. The van der Waals surface area contributed by atoms with Crippen LogP contribution < -0.4 is 21.3 Å². The first-order valence-corrected chi connectivity index (χ1v) is 11.6. The predicted octanol–water partition coefficient (Wildman–Crippen LogP) is 3.49. The van der Waals surface area contributed by atoms with E-state index < -0.39 is 17.9 Å². The summed E-state index contributed by atoms with van der Waals surface area (Å²) in [6.07, 6.45) is 3.48. The van der Waals surface area contributed by atoms with Crippen molar-refractivity contribution in [1.29, 1.82) is 0 Å². The Morgan fingerprint density at radius 3 is 2.68 bits per heavy atom. The zero-order valence-electron chi connectivity index (χ0n) is 19.2. The molecule has 2 amide bonds. The van der Waals surface area contributed by atoms with E-state index in [1.807, 2.05) is 6.92 Å². The van der Waals surface area contributed by atoms with Crippen LogP contribution in [0.2, 0.25) is 10.0 Å². The van der Waals surface area contributed by atoms with Gasteiger partial charge in [0.05, 0.1) is 35.1 Å². The Labute approximate surface area is 208 Å². The van der Waals surface area contributed by atoms with Gasteiger partial charge in [0.2, 0.25) is 5.91 Å². The van der Waals surface area contributed by atoms with Gasteiger partial charge < -0.3 is 26.4 Å². The second kappa shape index (κ2) is 10.9. The Kier molecular flexibility index (Phi) is 8.22. The normalized spacial score (nSPS) is 15.5. The van der Waals surface area contributed by atoms with Crippen molar-refractivity contribution in [2.24, 2.45) is 10.4 Å². The molecule has 0 saturated heterocycles. The zero-order chi connectivity index (χ0) is 24.9. The Bertz CT molecular complexity index is 1110. The predicted molar refractivity (Wildman–Crippen MR) is 134 cm³/mol. The van der Waals surface area contributed by atoms with Crippen molar-refractivity contribution in [2.75, 3.05) is 25.0 Å². The molecule has 11 heteroatoms. The lowest BCUT2D eigenvalue weighted by atomic mass is 9.93. The molecule has 0 aliphatic carbocycles. The number of anilines is 1. The Morgan fingerprint density at radius 2 is 2.00 bits per heavy atom. The monoisotopic (exact) mass is 506 g/mol. The number of guanidine groups is 1. The first kappa shape index (κ1) is 25.6. The third-order valence-electron chi connectivity index (χ3n) is 5.25. The van der Waals surface area contributed by atoms with E-state index in [2.05, 4.69) is 45.1 Å². The molecule has 0 radical (unpaired) electrons. The molecule has 9 nitrogen and oxygen atoms in total. The number of rotatable bonds is 7. The molecule has 5 N–H and O–H groups in total. The Hall–Kier alpha value is -3.04. The molecule has 1 aliphatic heterocycles. The molecule has 0 spiro atoms. The van der Waals surface area contributed by atoms with Crippen molar-refractivity contribution >= 4 is 46.7 Å². The minimum Gasteiger partial charge on any atom is -0.506 e. The van der Waals surface area contributed by atoms with Gasteiger partial charge in [-0.3, -0.25) is 19.6 Å². The molecule has 0 saturated carbocycles. The van der Waals surface area contributed by atoms with Gasteiger partial charge in [0.25, 0.3) is 5.91 Å². The molecule has 1 aromatic carbocycles. The molecule has 0 unspecified atom stereocenters. The van der Waals surface area contributed by atoms with Crippen molar-refractivity contribution in [3.05, 3.63) is 51.8 Å². The summed E-state index contributed by atoms with van der Waals surface area (Å²) < 4.78 is 0. The maximum absolute atomic E-state index is 12.6. The molecule has 3 rings (SSSR count). The van der Waals surface area contributed by atoms with E-state index in [1.54, 1.807) is 18.3 Å². The van der Waals surface area contributed by atoms with Crippen molar-refractivity contribution < 1.29 is 14.7 Å². The van der Waals surface area contributed by atoms with Gasteiger partial charge in [-0.25, -0.2) is 0 Å². The summed E-state index contributed by atoms with van der Waals surface area (Å²) in [7, 11) is 0. The maximum atomic E-state index is 12.6. The Balaban J connectivity index is 1.57. The first-order valence-electron chi connectivity index (χ1n) is 10.8. The number of phenols is 1. The molecular weight excluding hydrogens is 479 g/mol. The number of nitrogens with one attached hydrogen (secondary N) is 4.